The van der Waals surface area contributed by atoms with Crippen molar-refractivity contribution in [1.29, 1.82) is 0 Å². The Morgan fingerprint density at radius 2 is 1.69 bits per heavy atom. The van der Waals surface area contributed by atoms with Gasteiger partial charge < -0.3 is 4.74 Å². The smallest absolute Gasteiger partial charge is 0.250 e. The number of ether oxygens (including phenoxy) is 1. The summed E-state index contributed by atoms with van der Waals surface area (Å²) in [4.78, 5) is 12.4. The van der Waals surface area contributed by atoms with E-state index in [1.54, 1.807) is 13.3 Å². The number of aromatic nitrogens is 3. The highest BCUT2D eigenvalue weighted by atomic mass is 32.2. The van der Waals surface area contributed by atoms with Gasteiger partial charge in [-0.25, -0.2) is 5.43 Å². The van der Waals surface area contributed by atoms with Crippen LogP contribution in [0, 0.1) is 0 Å². The Morgan fingerprint density at radius 3 is 2.37 bits per heavy atom. The van der Waals surface area contributed by atoms with Gasteiger partial charge in [0.05, 0.1) is 19.1 Å². The van der Waals surface area contributed by atoms with E-state index in [0.29, 0.717) is 11.0 Å². The molecule has 1 N–H and O–H groups in total. The topological polar surface area (TPSA) is 81.4 Å². The molecule has 0 aliphatic heterocycles. The quantitative estimate of drug-likeness (QED) is 0.200. The van der Waals surface area contributed by atoms with Crippen molar-refractivity contribution >= 4 is 30.0 Å². The molecule has 0 bridgehead atoms. The highest BCUT2D eigenvalue weighted by Gasteiger charge is 2.17. The minimum atomic E-state index is -0.232. The fourth-order valence-corrected chi connectivity index (χ4v) is 4.06. The number of nitrogens with one attached hydrogen (secondary N) is 1. The Balaban J connectivity index is 1.46. The van der Waals surface area contributed by atoms with E-state index in [1.165, 1.54) is 11.8 Å². The zero-order valence-electron chi connectivity index (χ0n) is 19.5. The van der Waals surface area contributed by atoms with E-state index >= 15 is 0 Å². The van der Waals surface area contributed by atoms with E-state index in [9.17, 15) is 4.79 Å². The van der Waals surface area contributed by atoms with Crippen LogP contribution in [0.4, 0.5) is 0 Å². The largest absolute Gasteiger partial charge is 0.497 e. The number of amides is 1. The van der Waals surface area contributed by atoms with Gasteiger partial charge in [0.25, 0.3) is 5.91 Å². The third-order valence-corrected chi connectivity index (χ3v) is 5.91. The number of hydrazone groups is 1. The lowest BCUT2D eigenvalue weighted by atomic mass is 10.1. The number of benzene rings is 3. The highest BCUT2D eigenvalue weighted by Crippen LogP contribution is 2.28. The second-order valence-corrected chi connectivity index (χ2v) is 8.53. The normalized spacial score (nSPS) is 11.5. The SMILES string of the molecule is COc1ccc(-n2c(SCC(=O)N/N=C\C(C)=C\c3ccccc3)nnc2-c2ccccc2)cc1. The minimum absolute atomic E-state index is 0.141. The molecule has 0 saturated carbocycles. The fraction of sp³-hybridized carbons (Fsp3) is 0.111. The van der Waals surface area contributed by atoms with Crippen LogP contribution in [-0.4, -0.2) is 39.7 Å². The zero-order valence-corrected chi connectivity index (χ0v) is 20.3. The molecule has 0 aliphatic carbocycles. The summed E-state index contributed by atoms with van der Waals surface area (Å²) in [5.74, 6) is 1.36. The molecule has 0 spiro atoms. The van der Waals surface area contributed by atoms with E-state index in [0.717, 1.165) is 28.1 Å². The number of carbonyl (C=O) groups excluding carboxylic acids is 1. The first-order valence-electron chi connectivity index (χ1n) is 11.0. The first kappa shape index (κ1) is 24.0. The lowest BCUT2D eigenvalue weighted by Crippen LogP contribution is -2.20. The van der Waals surface area contributed by atoms with Crippen LogP contribution in [0.3, 0.4) is 0 Å². The standard InChI is InChI=1S/C27H25N5O2S/c1-20(17-21-9-5-3-6-10-21)18-28-29-25(33)19-35-27-31-30-26(22-11-7-4-8-12-22)32(27)23-13-15-24(34-2)16-14-23/h3-18H,19H2,1-2H3,(H,29,33)/b20-17+,28-18-. The lowest BCUT2D eigenvalue weighted by Gasteiger charge is -2.11. The molecule has 0 saturated heterocycles. The van der Waals surface area contributed by atoms with E-state index in [-0.39, 0.29) is 11.7 Å². The summed E-state index contributed by atoms with van der Waals surface area (Å²) >= 11 is 1.29. The van der Waals surface area contributed by atoms with Crippen LogP contribution >= 0.6 is 11.8 Å². The third kappa shape index (κ3) is 6.45. The van der Waals surface area contributed by atoms with Crippen LogP contribution in [-0.2, 0) is 4.79 Å². The number of hydrogen-bond donors (Lipinski definition) is 1. The number of allylic oxidation sites excluding steroid dienone is 1. The van der Waals surface area contributed by atoms with Crippen molar-refractivity contribution in [3.63, 3.8) is 0 Å². The molecule has 8 heteroatoms. The Hall–Kier alpha value is -4.17. The Morgan fingerprint density at radius 1 is 1.00 bits per heavy atom. The summed E-state index contributed by atoms with van der Waals surface area (Å²) in [5.41, 5.74) is 6.38. The first-order chi connectivity index (χ1) is 17.1. The maximum Gasteiger partial charge on any atom is 0.250 e. The zero-order chi connectivity index (χ0) is 24.5. The number of thioether (sulfide) groups is 1. The summed E-state index contributed by atoms with van der Waals surface area (Å²) in [6.45, 7) is 1.93. The second kappa shape index (κ2) is 11.8. The van der Waals surface area contributed by atoms with E-state index < -0.39 is 0 Å². The molecule has 3 aromatic carbocycles. The van der Waals surface area contributed by atoms with Crippen LogP contribution in [0.1, 0.15) is 12.5 Å². The van der Waals surface area contributed by atoms with Gasteiger partial charge in [-0.1, -0.05) is 78.5 Å². The summed E-state index contributed by atoms with van der Waals surface area (Å²) in [6.07, 6.45) is 3.62. The number of methoxy groups -OCH3 is 1. The van der Waals surface area contributed by atoms with Crippen molar-refractivity contribution in [1.82, 2.24) is 20.2 Å². The number of hydrogen-bond acceptors (Lipinski definition) is 6. The molecule has 1 amide bonds. The average molecular weight is 484 g/mol. The molecule has 0 atom stereocenters. The number of rotatable bonds is 9. The summed E-state index contributed by atoms with van der Waals surface area (Å²) in [7, 11) is 1.63. The average Bonchev–Trinajstić information content (AvgIpc) is 3.32. The van der Waals surface area contributed by atoms with Gasteiger partial charge >= 0.3 is 0 Å². The second-order valence-electron chi connectivity index (χ2n) is 7.59. The van der Waals surface area contributed by atoms with E-state index in [1.807, 2.05) is 102 Å². The summed E-state index contributed by atoms with van der Waals surface area (Å²) in [5, 5.41) is 13.4. The monoisotopic (exact) mass is 483 g/mol. The van der Waals surface area contributed by atoms with Gasteiger partial charge in [0.15, 0.2) is 11.0 Å². The van der Waals surface area contributed by atoms with E-state index in [2.05, 4.69) is 20.7 Å². The molecule has 1 aromatic heterocycles. The third-order valence-electron chi connectivity index (χ3n) is 4.98. The van der Waals surface area contributed by atoms with Crippen LogP contribution in [0.2, 0.25) is 0 Å². The lowest BCUT2D eigenvalue weighted by molar-refractivity contribution is -0.118. The van der Waals surface area contributed by atoms with Crippen molar-refractivity contribution in [3.05, 3.63) is 96.1 Å². The van der Waals surface area contributed by atoms with Crippen LogP contribution in [0.15, 0.2) is 101 Å². The predicted molar refractivity (Wildman–Crippen MR) is 141 cm³/mol. The molecular weight excluding hydrogens is 458 g/mol. The molecular formula is C27H25N5O2S. The van der Waals surface area contributed by atoms with Crippen molar-refractivity contribution in [2.45, 2.75) is 12.1 Å². The first-order valence-corrected chi connectivity index (χ1v) is 12.0. The molecule has 4 aromatic rings. The van der Waals surface area contributed by atoms with Gasteiger partial charge in [-0.15, -0.1) is 10.2 Å². The van der Waals surface area contributed by atoms with Crippen LogP contribution < -0.4 is 10.2 Å². The number of carbonyl (C=O) groups is 1. The maximum atomic E-state index is 12.4. The van der Waals surface area contributed by atoms with Crippen molar-refractivity contribution in [3.8, 4) is 22.8 Å². The van der Waals surface area contributed by atoms with Crippen molar-refractivity contribution in [2.75, 3.05) is 12.9 Å². The summed E-state index contributed by atoms with van der Waals surface area (Å²) in [6, 6.07) is 27.4. The predicted octanol–water partition coefficient (Wildman–Crippen LogP) is 5.24. The van der Waals surface area contributed by atoms with Gasteiger partial charge in [-0.2, -0.15) is 5.10 Å². The van der Waals surface area contributed by atoms with E-state index in [4.69, 9.17) is 4.74 Å². The summed E-state index contributed by atoms with van der Waals surface area (Å²) < 4.78 is 7.22. The van der Waals surface area contributed by atoms with Gasteiger partial charge in [0, 0.05) is 11.3 Å². The van der Waals surface area contributed by atoms with Gasteiger partial charge in [0.2, 0.25) is 0 Å². The Bertz CT molecular complexity index is 1320. The molecule has 1 heterocycles. The van der Waals surface area contributed by atoms with Crippen molar-refractivity contribution < 1.29 is 9.53 Å². The molecule has 0 fully saturated rings. The minimum Gasteiger partial charge on any atom is -0.497 e. The molecule has 0 radical (unpaired) electrons. The van der Waals surface area contributed by atoms with Gasteiger partial charge in [0.1, 0.15) is 5.75 Å². The Labute approximate surface area is 208 Å². The molecule has 7 nitrogen and oxygen atoms in total. The van der Waals surface area contributed by atoms with Crippen LogP contribution in [0.5, 0.6) is 5.75 Å². The highest BCUT2D eigenvalue weighted by molar-refractivity contribution is 7.99. The fourth-order valence-electron chi connectivity index (χ4n) is 3.32. The van der Waals surface area contributed by atoms with Crippen LogP contribution in [0.25, 0.3) is 23.2 Å². The molecule has 4 rings (SSSR count). The number of nitrogens with zero attached hydrogens (tertiary/aromatic N) is 4. The molecule has 35 heavy (non-hydrogen) atoms. The molecule has 176 valence electrons. The van der Waals surface area contributed by atoms with Gasteiger partial charge in [-0.05, 0) is 42.3 Å². The molecule has 0 aliphatic rings. The molecule has 0 unspecified atom stereocenters. The van der Waals surface area contributed by atoms with Crippen molar-refractivity contribution in [2.24, 2.45) is 5.10 Å². The maximum absolute atomic E-state index is 12.4. The van der Waals surface area contributed by atoms with Gasteiger partial charge in [-0.3, -0.25) is 9.36 Å². The Kier molecular flexibility index (Phi) is 8.08.